The van der Waals surface area contributed by atoms with Gasteiger partial charge in [0.15, 0.2) is 0 Å². The SMILES string of the molecule is CCC(CC)C(C(=O)O)c1ccc(C(C)C)cc1. The van der Waals surface area contributed by atoms with Crippen LogP contribution in [0.25, 0.3) is 0 Å². The van der Waals surface area contributed by atoms with Crippen molar-refractivity contribution in [2.45, 2.75) is 52.4 Å². The zero-order chi connectivity index (χ0) is 13.7. The largest absolute Gasteiger partial charge is 0.481 e. The molecule has 1 N–H and O–H groups in total. The average molecular weight is 248 g/mol. The predicted octanol–water partition coefficient (Wildman–Crippen LogP) is 4.41. The summed E-state index contributed by atoms with van der Waals surface area (Å²) in [5, 5.41) is 9.44. The maximum absolute atomic E-state index is 11.5. The van der Waals surface area contributed by atoms with Crippen LogP contribution in [0, 0.1) is 5.92 Å². The second-order valence-corrected chi connectivity index (χ2v) is 5.21. The lowest BCUT2D eigenvalue weighted by Gasteiger charge is -2.22. The van der Waals surface area contributed by atoms with Gasteiger partial charge in [0.1, 0.15) is 0 Å². The number of aliphatic carboxylic acids is 1. The van der Waals surface area contributed by atoms with Crippen molar-refractivity contribution < 1.29 is 9.90 Å². The van der Waals surface area contributed by atoms with Gasteiger partial charge in [-0.1, -0.05) is 64.8 Å². The number of carboxylic acids is 1. The minimum absolute atomic E-state index is 0.215. The fourth-order valence-electron chi connectivity index (χ4n) is 2.46. The second kappa shape index (κ2) is 6.58. The van der Waals surface area contributed by atoms with Gasteiger partial charge in [0, 0.05) is 0 Å². The maximum atomic E-state index is 11.5. The third-order valence-corrected chi connectivity index (χ3v) is 3.75. The van der Waals surface area contributed by atoms with E-state index in [4.69, 9.17) is 0 Å². The molecule has 100 valence electrons. The lowest BCUT2D eigenvalue weighted by atomic mass is 9.82. The quantitative estimate of drug-likeness (QED) is 0.809. The summed E-state index contributed by atoms with van der Waals surface area (Å²) in [6, 6.07) is 8.06. The third-order valence-electron chi connectivity index (χ3n) is 3.75. The second-order valence-electron chi connectivity index (χ2n) is 5.21. The first-order valence-corrected chi connectivity index (χ1v) is 6.83. The Kier molecular flexibility index (Phi) is 5.39. The highest BCUT2D eigenvalue weighted by molar-refractivity contribution is 5.76. The molecule has 18 heavy (non-hydrogen) atoms. The van der Waals surface area contributed by atoms with Crippen molar-refractivity contribution in [3.8, 4) is 0 Å². The van der Waals surface area contributed by atoms with Crippen molar-refractivity contribution in [1.82, 2.24) is 0 Å². The van der Waals surface area contributed by atoms with Gasteiger partial charge in [-0.25, -0.2) is 0 Å². The number of hydrogen-bond acceptors (Lipinski definition) is 1. The van der Waals surface area contributed by atoms with E-state index >= 15 is 0 Å². The van der Waals surface area contributed by atoms with E-state index in [0.717, 1.165) is 18.4 Å². The molecule has 1 unspecified atom stereocenters. The van der Waals surface area contributed by atoms with E-state index in [1.165, 1.54) is 5.56 Å². The highest BCUT2D eigenvalue weighted by atomic mass is 16.4. The zero-order valence-electron chi connectivity index (χ0n) is 11.8. The molecule has 1 aromatic carbocycles. The maximum Gasteiger partial charge on any atom is 0.311 e. The van der Waals surface area contributed by atoms with Crippen LogP contribution in [0.4, 0.5) is 0 Å². The molecule has 2 heteroatoms. The highest BCUT2D eigenvalue weighted by Gasteiger charge is 2.27. The van der Waals surface area contributed by atoms with E-state index in [1.54, 1.807) is 0 Å². The molecule has 0 saturated carbocycles. The molecule has 0 radical (unpaired) electrons. The van der Waals surface area contributed by atoms with E-state index in [2.05, 4.69) is 39.8 Å². The van der Waals surface area contributed by atoms with Crippen molar-refractivity contribution in [1.29, 1.82) is 0 Å². The normalized spacial score (nSPS) is 13.0. The molecule has 0 aliphatic rings. The van der Waals surface area contributed by atoms with Gasteiger partial charge in [0.25, 0.3) is 0 Å². The summed E-state index contributed by atoms with van der Waals surface area (Å²) >= 11 is 0. The van der Waals surface area contributed by atoms with Crippen LogP contribution in [0.15, 0.2) is 24.3 Å². The molecule has 0 aliphatic carbocycles. The van der Waals surface area contributed by atoms with Crippen LogP contribution in [-0.4, -0.2) is 11.1 Å². The van der Waals surface area contributed by atoms with Gasteiger partial charge in [0.2, 0.25) is 0 Å². The van der Waals surface area contributed by atoms with Crippen LogP contribution < -0.4 is 0 Å². The molecule has 0 bridgehead atoms. The Labute approximate surface area is 110 Å². The van der Waals surface area contributed by atoms with Gasteiger partial charge in [-0.3, -0.25) is 4.79 Å². The summed E-state index contributed by atoms with van der Waals surface area (Å²) in [7, 11) is 0. The van der Waals surface area contributed by atoms with Crippen LogP contribution in [0.5, 0.6) is 0 Å². The molecule has 0 aliphatic heterocycles. The first-order chi connectivity index (χ1) is 8.51. The van der Waals surface area contributed by atoms with Crippen molar-refractivity contribution in [2.75, 3.05) is 0 Å². The first kappa shape index (κ1) is 14.7. The van der Waals surface area contributed by atoms with Gasteiger partial charge in [-0.15, -0.1) is 0 Å². The minimum Gasteiger partial charge on any atom is -0.481 e. The Morgan fingerprint density at radius 1 is 1.06 bits per heavy atom. The van der Waals surface area contributed by atoms with Crippen LogP contribution in [0.2, 0.25) is 0 Å². The molecule has 0 saturated heterocycles. The monoisotopic (exact) mass is 248 g/mol. The average Bonchev–Trinajstić information content (AvgIpc) is 2.35. The van der Waals surface area contributed by atoms with Gasteiger partial charge in [-0.2, -0.15) is 0 Å². The number of rotatable bonds is 6. The Morgan fingerprint density at radius 3 is 1.83 bits per heavy atom. The number of carbonyl (C=O) groups is 1. The van der Waals surface area contributed by atoms with Crippen LogP contribution in [-0.2, 0) is 4.79 Å². The first-order valence-electron chi connectivity index (χ1n) is 6.83. The Morgan fingerprint density at radius 2 is 1.50 bits per heavy atom. The van der Waals surface area contributed by atoms with E-state index in [0.29, 0.717) is 5.92 Å². The van der Waals surface area contributed by atoms with Crippen molar-refractivity contribution >= 4 is 5.97 Å². The molecule has 0 spiro atoms. The fraction of sp³-hybridized carbons (Fsp3) is 0.562. The highest BCUT2D eigenvalue weighted by Crippen LogP contribution is 2.30. The third kappa shape index (κ3) is 3.34. The molecule has 0 amide bonds. The molecule has 0 aromatic heterocycles. The number of carboxylic acid groups (broad SMARTS) is 1. The lowest BCUT2D eigenvalue weighted by molar-refractivity contribution is -0.140. The molecule has 0 heterocycles. The van der Waals surface area contributed by atoms with E-state index in [1.807, 2.05) is 12.1 Å². The van der Waals surface area contributed by atoms with Crippen LogP contribution in [0.1, 0.15) is 63.5 Å². The Hall–Kier alpha value is -1.31. The number of hydrogen-bond donors (Lipinski definition) is 1. The lowest BCUT2D eigenvalue weighted by Crippen LogP contribution is -2.20. The minimum atomic E-state index is -0.707. The summed E-state index contributed by atoms with van der Waals surface area (Å²) in [6.45, 7) is 8.41. The van der Waals surface area contributed by atoms with Gasteiger partial charge >= 0.3 is 5.97 Å². The standard InChI is InChI=1S/C16H24O2/c1-5-12(6-2)15(16(17)18)14-9-7-13(8-10-14)11(3)4/h7-12,15H,5-6H2,1-4H3,(H,17,18). The molecular weight excluding hydrogens is 224 g/mol. The number of benzene rings is 1. The Balaban J connectivity index is 3.03. The van der Waals surface area contributed by atoms with Crippen molar-refractivity contribution in [2.24, 2.45) is 5.92 Å². The van der Waals surface area contributed by atoms with E-state index in [9.17, 15) is 9.90 Å². The van der Waals surface area contributed by atoms with Gasteiger partial charge < -0.3 is 5.11 Å². The summed E-state index contributed by atoms with van der Waals surface area (Å²) in [4.78, 5) is 11.5. The molecule has 1 atom stereocenters. The molecular formula is C16H24O2. The summed E-state index contributed by atoms with van der Waals surface area (Å²) in [5.41, 5.74) is 2.19. The molecule has 2 nitrogen and oxygen atoms in total. The van der Waals surface area contributed by atoms with E-state index < -0.39 is 5.97 Å². The summed E-state index contributed by atoms with van der Waals surface area (Å²) < 4.78 is 0. The predicted molar refractivity (Wildman–Crippen MR) is 75.0 cm³/mol. The van der Waals surface area contributed by atoms with Crippen molar-refractivity contribution in [3.63, 3.8) is 0 Å². The van der Waals surface area contributed by atoms with Gasteiger partial charge in [0.05, 0.1) is 5.92 Å². The van der Waals surface area contributed by atoms with Gasteiger partial charge in [-0.05, 0) is 23.0 Å². The summed E-state index contributed by atoms with van der Waals surface area (Å²) in [6.07, 6.45) is 1.80. The molecule has 0 fully saturated rings. The molecule has 1 aromatic rings. The molecule has 1 rings (SSSR count). The Bertz CT molecular complexity index is 375. The zero-order valence-corrected chi connectivity index (χ0v) is 11.8. The fourth-order valence-corrected chi connectivity index (χ4v) is 2.46. The van der Waals surface area contributed by atoms with Crippen LogP contribution in [0.3, 0.4) is 0 Å². The van der Waals surface area contributed by atoms with Crippen molar-refractivity contribution in [3.05, 3.63) is 35.4 Å². The van der Waals surface area contributed by atoms with Crippen LogP contribution >= 0.6 is 0 Å². The smallest absolute Gasteiger partial charge is 0.311 e. The summed E-state index contributed by atoms with van der Waals surface area (Å²) in [5.74, 6) is -0.384. The topological polar surface area (TPSA) is 37.3 Å². The van der Waals surface area contributed by atoms with E-state index in [-0.39, 0.29) is 11.8 Å².